The molecule has 0 saturated heterocycles. The van der Waals surface area contributed by atoms with E-state index in [4.69, 9.17) is 0 Å². The van der Waals surface area contributed by atoms with Crippen molar-refractivity contribution in [3.05, 3.63) is 33.8 Å². The molecule has 0 spiro atoms. The summed E-state index contributed by atoms with van der Waals surface area (Å²) in [5, 5.41) is 0. The molecule has 1 unspecified atom stereocenters. The molecule has 0 N–H and O–H groups in total. The number of alkyl halides is 4. The van der Waals surface area contributed by atoms with Gasteiger partial charge in [-0.05, 0) is 28.1 Å². The molecular formula is C8H3Br2F5. The van der Waals surface area contributed by atoms with E-state index in [1.165, 1.54) is 0 Å². The molecule has 0 nitrogen and oxygen atoms in total. The van der Waals surface area contributed by atoms with Crippen molar-refractivity contribution in [3.8, 4) is 0 Å². The first-order valence-corrected chi connectivity index (χ1v) is 5.29. The molecule has 0 heterocycles. The highest BCUT2D eigenvalue weighted by Gasteiger charge is 2.40. The minimum Gasteiger partial charge on any atom is -0.207 e. The Labute approximate surface area is 98.7 Å². The fourth-order valence-electron chi connectivity index (χ4n) is 0.908. The SMILES string of the molecule is Fc1cc(C(Br)C(F)(F)F)c(F)cc1Br. The molecule has 1 atom stereocenters. The summed E-state index contributed by atoms with van der Waals surface area (Å²) in [6.07, 6.45) is -4.67. The molecule has 0 aliphatic rings. The van der Waals surface area contributed by atoms with Gasteiger partial charge in [-0.1, -0.05) is 15.9 Å². The third-order valence-electron chi connectivity index (χ3n) is 1.60. The molecule has 0 amide bonds. The molecule has 0 radical (unpaired) electrons. The Morgan fingerprint density at radius 2 is 1.60 bits per heavy atom. The van der Waals surface area contributed by atoms with Crippen molar-refractivity contribution in [2.24, 2.45) is 0 Å². The van der Waals surface area contributed by atoms with Crippen LogP contribution in [0.4, 0.5) is 22.0 Å². The van der Waals surface area contributed by atoms with Crippen LogP contribution in [0.2, 0.25) is 0 Å². The minimum atomic E-state index is -4.67. The molecule has 0 aliphatic heterocycles. The fourth-order valence-corrected chi connectivity index (χ4v) is 1.57. The van der Waals surface area contributed by atoms with Crippen molar-refractivity contribution in [1.82, 2.24) is 0 Å². The molecular weight excluding hydrogens is 351 g/mol. The zero-order valence-electron chi connectivity index (χ0n) is 6.88. The lowest BCUT2D eigenvalue weighted by Crippen LogP contribution is -2.16. The van der Waals surface area contributed by atoms with E-state index in [9.17, 15) is 22.0 Å². The third-order valence-corrected chi connectivity index (χ3v) is 3.22. The summed E-state index contributed by atoms with van der Waals surface area (Å²) in [5.41, 5.74) is -0.775. The van der Waals surface area contributed by atoms with Crippen molar-refractivity contribution in [2.45, 2.75) is 11.0 Å². The summed E-state index contributed by atoms with van der Waals surface area (Å²) in [6.45, 7) is 0. The van der Waals surface area contributed by atoms with Gasteiger partial charge in [0.15, 0.2) is 0 Å². The molecule has 7 heteroatoms. The summed E-state index contributed by atoms with van der Waals surface area (Å²) in [7, 11) is 0. The van der Waals surface area contributed by atoms with Crippen LogP contribution in [0.3, 0.4) is 0 Å². The van der Waals surface area contributed by atoms with Gasteiger partial charge in [0.05, 0.1) is 4.47 Å². The predicted octanol–water partition coefficient (Wildman–Crippen LogP) is 4.73. The average molecular weight is 354 g/mol. The lowest BCUT2D eigenvalue weighted by Gasteiger charge is -2.15. The van der Waals surface area contributed by atoms with Gasteiger partial charge in [-0.3, -0.25) is 0 Å². The van der Waals surface area contributed by atoms with Gasteiger partial charge in [-0.25, -0.2) is 8.78 Å². The topological polar surface area (TPSA) is 0 Å². The number of halogens is 7. The summed E-state index contributed by atoms with van der Waals surface area (Å²) < 4.78 is 62.4. The van der Waals surface area contributed by atoms with Gasteiger partial charge in [-0.2, -0.15) is 13.2 Å². The highest BCUT2D eigenvalue weighted by molar-refractivity contribution is 9.10. The number of benzene rings is 1. The summed E-state index contributed by atoms with van der Waals surface area (Å²) in [4.78, 5) is -2.22. The Kier molecular flexibility index (Phi) is 3.76. The summed E-state index contributed by atoms with van der Waals surface area (Å²) in [6, 6.07) is 1.16. The van der Waals surface area contributed by atoms with Crippen LogP contribution in [0.25, 0.3) is 0 Å². The predicted molar refractivity (Wildman–Crippen MR) is 51.8 cm³/mol. The first-order valence-electron chi connectivity index (χ1n) is 3.58. The highest BCUT2D eigenvalue weighted by Crippen LogP contribution is 2.41. The Bertz CT molecular complexity index is 374. The monoisotopic (exact) mass is 352 g/mol. The molecule has 0 aliphatic carbocycles. The zero-order chi connectivity index (χ0) is 11.8. The summed E-state index contributed by atoms with van der Waals surface area (Å²) in [5.74, 6) is -2.07. The van der Waals surface area contributed by atoms with E-state index >= 15 is 0 Å². The van der Waals surface area contributed by atoms with Gasteiger partial charge in [-0.15, -0.1) is 0 Å². The Hall–Kier alpha value is -0.170. The van der Waals surface area contributed by atoms with Crippen molar-refractivity contribution in [3.63, 3.8) is 0 Å². The van der Waals surface area contributed by atoms with Crippen LogP contribution in [-0.2, 0) is 0 Å². The maximum atomic E-state index is 13.1. The quantitative estimate of drug-likeness (QED) is 0.389. The second-order valence-corrected chi connectivity index (χ2v) is 4.46. The third kappa shape index (κ3) is 2.90. The van der Waals surface area contributed by atoms with Gasteiger partial charge < -0.3 is 0 Å². The van der Waals surface area contributed by atoms with Crippen LogP contribution in [0.5, 0.6) is 0 Å². The van der Waals surface area contributed by atoms with Gasteiger partial charge in [0.2, 0.25) is 0 Å². The van der Waals surface area contributed by atoms with Crippen LogP contribution in [0.15, 0.2) is 16.6 Å². The van der Waals surface area contributed by atoms with Gasteiger partial charge >= 0.3 is 6.18 Å². The second-order valence-electron chi connectivity index (χ2n) is 2.69. The average Bonchev–Trinajstić information content (AvgIpc) is 2.08. The molecule has 0 fully saturated rings. The van der Waals surface area contributed by atoms with E-state index < -0.39 is 28.2 Å². The first kappa shape index (κ1) is 12.9. The highest BCUT2D eigenvalue weighted by atomic mass is 79.9. The fraction of sp³-hybridized carbons (Fsp3) is 0.250. The van der Waals surface area contributed by atoms with Gasteiger partial charge in [0.25, 0.3) is 0 Å². The lowest BCUT2D eigenvalue weighted by atomic mass is 10.1. The minimum absolute atomic E-state index is 0.217. The standard InChI is InChI=1S/C8H3Br2F5/c9-4-2-5(11)3(1-6(4)12)7(10)8(13,14)15/h1-2,7H. The van der Waals surface area contributed by atoms with Crippen LogP contribution in [-0.4, -0.2) is 6.18 Å². The molecule has 0 bridgehead atoms. The van der Waals surface area contributed by atoms with Crippen molar-refractivity contribution < 1.29 is 22.0 Å². The first-order chi connectivity index (χ1) is 6.73. The molecule has 1 rings (SSSR count). The number of hydrogen-bond acceptors (Lipinski definition) is 0. The maximum Gasteiger partial charge on any atom is 0.405 e. The molecule has 15 heavy (non-hydrogen) atoms. The van der Waals surface area contributed by atoms with E-state index in [1.54, 1.807) is 0 Å². The number of rotatable bonds is 1. The lowest BCUT2D eigenvalue weighted by molar-refractivity contribution is -0.128. The number of hydrogen-bond donors (Lipinski definition) is 0. The van der Waals surface area contributed by atoms with E-state index in [0.29, 0.717) is 12.1 Å². The smallest absolute Gasteiger partial charge is 0.207 e. The van der Waals surface area contributed by atoms with Crippen LogP contribution in [0.1, 0.15) is 10.4 Å². The van der Waals surface area contributed by atoms with E-state index in [-0.39, 0.29) is 4.47 Å². The van der Waals surface area contributed by atoms with Crippen molar-refractivity contribution in [1.29, 1.82) is 0 Å². The molecule has 0 aromatic heterocycles. The van der Waals surface area contributed by atoms with Crippen molar-refractivity contribution in [2.75, 3.05) is 0 Å². The van der Waals surface area contributed by atoms with E-state index in [1.807, 2.05) is 0 Å². The Morgan fingerprint density at radius 1 is 1.07 bits per heavy atom. The molecule has 1 aromatic rings. The molecule has 0 saturated carbocycles. The maximum absolute atomic E-state index is 13.1. The van der Waals surface area contributed by atoms with Crippen molar-refractivity contribution >= 4 is 31.9 Å². The van der Waals surface area contributed by atoms with Gasteiger partial charge in [0.1, 0.15) is 16.5 Å². The Balaban J connectivity index is 3.21. The van der Waals surface area contributed by atoms with Crippen LogP contribution >= 0.6 is 31.9 Å². The van der Waals surface area contributed by atoms with Gasteiger partial charge in [0, 0.05) is 5.56 Å². The van der Waals surface area contributed by atoms with Crippen LogP contribution in [0, 0.1) is 11.6 Å². The normalized spacial score (nSPS) is 14.1. The largest absolute Gasteiger partial charge is 0.405 e. The second kappa shape index (κ2) is 4.37. The molecule has 1 aromatic carbocycles. The zero-order valence-corrected chi connectivity index (χ0v) is 10.0. The van der Waals surface area contributed by atoms with E-state index in [0.717, 1.165) is 0 Å². The Morgan fingerprint density at radius 3 is 2.07 bits per heavy atom. The van der Waals surface area contributed by atoms with E-state index in [2.05, 4.69) is 31.9 Å². The van der Waals surface area contributed by atoms with Crippen LogP contribution < -0.4 is 0 Å². The molecule has 84 valence electrons. The summed E-state index contributed by atoms with van der Waals surface area (Å²) >= 11 is 4.94.